The molecule has 1 heterocycles. The highest BCUT2D eigenvalue weighted by Crippen LogP contribution is 2.25. The first-order valence-corrected chi connectivity index (χ1v) is 7.88. The van der Waals surface area contributed by atoms with Crippen molar-refractivity contribution in [3.05, 3.63) is 58.9 Å². The molecule has 0 aliphatic heterocycles. The van der Waals surface area contributed by atoms with Crippen molar-refractivity contribution in [1.29, 1.82) is 0 Å². The molecule has 0 atom stereocenters. The number of hydrogen-bond donors (Lipinski definition) is 2. The molecule has 0 spiro atoms. The number of benzene rings is 1. The Bertz CT molecular complexity index is 707. The van der Waals surface area contributed by atoms with Crippen LogP contribution in [0.4, 0.5) is 0 Å². The summed E-state index contributed by atoms with van der Waals surface area (Å²) >= 11 is 6.06. The summed E-state index contributed by atoms with van der Waals surface area (Å²) in [5.74, 6) is 0.0384. The monoisotopic (exact) mass is 347 g/mol. The van der Waals surface area contributed by atoms with Gasteiger partial charge in [-0.3, -0.25) is 14.6 Å². The number of aromatic nitrogens is 1. The predicted molar refractivity (Wildman–Crippen MR) is 91.5 cm³/mol. The molecule has 0 aliphatic carbocycles. The molecule has 1 aromatic heterocycles. The second-order valence-corrected chi connectivity index (χ2v) is 5.24. The van der Waals surface area contributed by atoms with E-state index in [-0.39, 0.29) is 11.8 Å². The van der Waals surface area contributed by atoms with Crippen LogP contribution in [0.2, 0.25) is 5.02 Å². The van der Waals surface area contributed by atoms with Crippen molar-refractivity contribution in [3.8, 4) is 5.75 Å². The maximum absolute atomic E-state index is 12.0. The van der Waals surface area contributed by atoms with Gasteiger partial charge in [0.1, 0.15) is 5.75 Å². The van der Waals surface area contributed by atoms with Crippen molar-refractivity contribution in [2.24, 2.45) is 0 Å². The van der Waals surface area contributed by atoms with Gasteiger partial charge in [0, 0.05) is 31.0 Å². The average molecular weight is 348 g/mol. The summed E-state index contributed by atoms with van der Waals surface area (Å²) in [6, 6.07) is 8.21. The zero-order valence-corrected chi connectivity index (χ0v) is 14.0. The quantitative estimate of drug-likeness (QED) is 0.753. The molecule has 0 fully saturated rings. The maximum Gasteiger partial charge on any atom is 0.252 e. The van der Waals surface area contributed by atoms with Gasteiger partial charge in [0.05, 0.1) is 17.2 Å². The van der Waals surface area contributed by atoms with Crippen LogP contribution in [-0.2, 0) is 0 Å². The lowest BCUT2D eigenvalue weighted by atomic mass is 10.2. The molecule has 126 valence electrons. The minimum absolute atomic E-state index is 0.235. The van der Waals surface area contributed by atoms with Crippen molar-refractivity contribution in [2.45, 2.75) is 6.92 Å². The van der Waals surface area contributed by atoms with Crippen LogP contribution in [0, 0.1) is 0 Å². The molecule has 0 radical (unpaired) electrons. The number of amides is 2. The van der Waals surface area contributed by atoms with Gasteiger partial charge in [-0.1, -0.05) is 11.6 Å². The Labute approximate surface area is 145 Å². The molecule has 2 N–H and O–H groups in total. The molecule has 2 amide bonds. The number of carbonyl (C=O) groups is 2. The van der Waals surface area contributed by atoms with E-state index in [0.717, 1.165) is 0 Å². The lowest BCUT2D eigenvalue weighted by Crippen LogP contribution is -2.34. The molecule has 2 aromatic rings. The average Bonchev–Trinajstić information content (AvgIpc) is 2.61. The van der Waals surface area contributed by atoms with Crippen molar-refractivity contribution in [2.75, 3.05) is 19.7 Å². The highest BCUT2D eigenvalue weighted by Gasteiger charge is 2.09. The van der Waals surface area contributed by atoms with Crippen LogP contribution in [0.25, 0.3) is 0 Å². The lowest BCUT2D eigenvalue weighted by Gasteiger charge is -2.09. The van der Waals surface area contributed by atoms with Crippen LogP contribution in [-0.4, -0.2) is 36.5 Å². The van der Waals surface area contributed by atoms with Crippen molar-refractivity contribution >= 4 is 23.4 Å². The second-order valence-electron chi connectivity index (χ2n) is 4.83. The number of nitrogens with one attached hydrogen (secondary N) is 2. The van der Waals surface area contributed by atoms with E-state index in [2.05, 4.69) is 15.6 Å². The molecule has 0 saturated carbocycles. The zero-order chi connectivity index (χ0) is 17.4. The predicted octanol–water partition coefficient (Wildman–Crippen LogP) is 2.29. The SMILES string of the molecule is CCOc1ccc(C(=O)NCCNC(=O)c2cccnc2)cc1Cl. The summed E-state index contributed by atoms with van der Waals surface area (Å²) in [4.78, 5) is 27.7. The number of halogens is 1. The third-order valence-electron chi connectivity index (χ3n) is 3.11. The fraction of sp³-hybridized carbons (Fsp3) is 0.235. The third kappa shape index (κ3) is 4.96. The Morgan fingerprint density at radius 2 is 1.83 bits per heavy atom. The minimum Gasteiger partial charge on any atom is -0.492 e. The Kier molecular flexibility index (Phi) is 6.57. The number of rotatable bonds is 7. The largest absolute Gasteiger partial charge is 0.492 e. The number of nitrogens with zero attached hydrogens (tertiary/aromatic N) is 1. The van der Waals surface area contributed by atoms with E-state index < -0.39 is 0 Å². The van der Waals surface area contributed by atoms with E-state index >= 15 is 0 Å². The maximum atomic E-state index is 12.0. The molecule has 0 aliphatic rings. The second kappa shape index (κ2) is 8.88. The van der Waals surface area contributed by atoms with E-state index in [1.54, 1.807) is 36.5 Å². The van der Waals surface area contributed by atoms with Crippen LogP contribution in [0.5, 0.6) is 5.75 Å². The van der Waals surface area contributed by atoms with Gasteiger partial charge < -0.3 is 15.4 Å². The summed E-state index contributed by atoms with van der Waals surface area (Å²) in [5.41, 5.74) is 0.907. The molecule has 1 aromatic carbocycles. The molecule has 7 heteroatoms. The molecule has 24 heavy (non-hydrogen) atoms. The first-order chi connectivity index (χ1) is 11.6. The van der Waals surface area contributed by atoms with Gasteiger partial charge in [0.2, 0.25) is 0 Å². The molecular formula is C17H18ClN3O3. The van der Waals surface area contributed by atoms with E-state index in [1.165, 1.54) is 6.20 Å². The van der Waals surface area contributed by atoms with Crippen molar-refractivity contribution in [3.63, 3.8) is 0 Å². The normalized spacial score (nSPS) is 10.1. The van der Waals surface area contributed by atoms with Gasteiger partial charge in [-0.25, -0.2) is 0 Å². The number of hydrogen-bond acceptors (Lipinski definition) is 4. The van der Waals surface area contributed by atoms with E-state index in [9.17, 15) is 9.59 Å². The molecular weight excluding hydrogens is 330 g/mol. The molecule has 0 unspecified atom stereocenters. The number of carbonyl (C=O) groups excluding carboxylic acids is 2. The summed E-state index contributed by atoms with van der Waals surface area (Å²) in [5, 5.41) is 5.80. The molecule has 6 nitrogen and oxygen atoms in total. The van der Waals surface area contributed by atoms with Crippen molar-refractivity contribution < 1.29 is 14.3 Å². The topological polar surface area (TPSA) is 80.3 Å². The van der Waals surface area contributed by atoms with Gasteiger partial charge >= 0.3 is 0 Å². The van der Waals surface area contributed by atoms with E-state index in [4.69, 9.17) is 16.3 Å². The summed E-state index contributed by atoms with van der Waals surface area (Å²) < 4.78 is 5.32. The first kappa shape index (κ1) is 17.7. The van der Waals surface area contributed by atoms with E-state index in [1.807, 2.05) is 6.92 Å². The molecule has 0 bridgehead atoms. The summed E-state index contributed by atoms with van der Waals surface area (Å²) in [7, 11) is 0. The third-order valence-corrected chi connectivity index (χ3v) is 3.41. The Morgan fingerprint density at radius 3 is 2.42 bits per heavy atom. The smallest absolute Gasteiger partial charge is 0.252 e. The Hall–Kier alpha value is -2.60. The first-order valence-electron chi connectivity index (χ1n) is 7.50. The highest BCUT2D eigenvalue weighted by atomic mass is 35.5. The number of ether oxygens (including phenoxy) is 1. The van der Waals surface area contributed by atoms with E-state index in [0.29, 0.717) is 41.6 Å². The molecule has 0 saturated heterocycles. The van der Waals surface area contributed by atoms with Gasteiger partial charge in [0.25, 0.3) is 11.8 Å². The fourth-order valence-electron chi connectivity index (χ4n) is 1.97. The van der Waals surface area contributed by atoms with Crippen LogP contribution in [0.15, 0.2) is 42.7 Å². The Balaban J connectivity index is 1.79. The zero-order valence-electron chi connectivity index (χ0n) is 13.2. The minimum atomic E-state index is -0.268. The lowest BCUT2D eigenvalue weighted by molar-refractivity contribution is 0.0927. The van der Waals surface area contributed by atoms with Gasteiger partial charge in [-0.05, 0) is 37.3 Å². The Morgan fingerprint density at radius 1 is 1.12 bits per heavy atom. The standard InChI is InChI=1S/C17H18ClN3O3/c1-2-24-15-6-5-12(10-14(15)18)16(22)20-8-9-21-17(23)13-4-3-7-19-11-13/h3-7,10-11H,2,8-9H2,1H3,(H,20,22)(H,21,23). The fourth-order valence-corrected chi connectivity index (χ4v) is 2.20. The van der Waals surface area contributed by atoms with Gasteiger partial charge in [-0.2, -0.15) is 0 Å². The van der Waals surface area contributed by atoms with Crippen LogP contribution in [0.1, 0.15) is 27.6 Å². The van der Waals surface area contributed by atoms with Crippen LogP contribution in [0.3, 0.4) is 0 Å². The van der Waals surface area contributed by atoms with Crippen molar-refractivity contribution in [1.82, 2.24) is 15.6 Å². The summed E-state index contributed by atoms with van der Waals surface area (Å²) in [6.07, 6.45) is 3.08. The summed E-state index contributed by atoms with van der Waals surface area (Å²) in [6.45, 7) is 2.97. The van der Waals surface area contributed by atoms with Crippen LogP contribution >= 0.6 is 11.6 Å². The molecule has 2 rings (SSSR count). The number of pyridine rings is 1. The van der Waals surface area contributed by atoms with Gasteiger partial charge in [0.15, 0.2) is 0 Å². The highest BCUT2D eigenvalue weighted by molar-refractivity contribution is 6.32. The van der Waals surface area contributed by atoms with Crippen LogP contribution < -0.4 is 15.4 Å². The van der Waals surface area contributed by atoms with Gasteiger partial charge in [-0.15, -0.1) is 0 Å².